The molecule has 0 atom stereocenters. The van der Waals surface area contributed by atoms with Crippen molar-refractivity contribution in [2.24, 2.45) is 0 Å². The summed E-state index contributed by atoms with van der Waals surface area (Å²) in [5, 5.41) is 1.15. The highest BCUT2D eigenvalue weighted by atomic mass is 32.1. The minimum atomic E-state index is 0.0924. The van der Waals surface area contributed by atoms with Crippen LogP contribution in [0.15, 0.2) is 22.1 Å². The van der Waals surface area contributed by atoms with Crippen LogP contribution in [-0.4, -0.2) is 0 Å². The fourth-order valence-electron chi connectivity index (χ4n) is 0.502. The molecule has 8 heavy (non-hydrogen) atoms. The van der Waals surface area contributed by atoms with Gasteiger partial charge in [-0.2, -0.15) is 11.3 Å². The lowest BCUT2D eigenvalue weighted by molar-refractivity contribution is 2.18. The van der Waals surface area contributed by atoms with Crippen molar-refractivity contribution in [3.8, 4) is 0 Å². The molecule has 0 bridgehead atoms. The summed E-state index contributed by atoms with van der Waals surface area (Å²) in [6.45, 7) is 0. The van der Waals surface area contributed by atoms with Gasteiger partial charge in [-0.25, -0.2) is 0 Å². The normalized spacial score (nSPS) is 17.5. The van der Waals surface area contributed by atoms with Crippen LogP contribution in [0.4, 0.5) is 0 Å². The predicted molar refractivity (Wildman–Crippen MR) is 39.7 cm³/mol. The Morgan fingerprint density at radius 3 is 3.38 bits per heavy atom. The summed E-state index contributed by atoms with van der Waals surface area (Å²) in [5.41, 5.74) is 0. The van der Waals surface area contributed by atoms with E-state index >= 15 is 0 Å². The van der Waals surface area contributed by atoms with Crippen molar-refractivity contribution < 1.29 is 5.48 Å². The number of rotatable bonds is 0. The van der Waals surface area contributed by atoms with Crippen LogP contribution in [0.3, 0.4) is 0 Å². The lowest BCUT2D eigenvalue weighted by atomic mass is 10.4. The van der Waals surface area contributed by atoms with E-state index in [0.29, 0.717) is 15.4 Å². The second-order valence-corrected chi connectivity index (χ2v) is 2.77. The Hall–Kier alpha value is -0.340. The van der Waals surface area contributed by atoms with Crippen LogP contribution in [0.5, 0.6) is 0 Å². The molecule has 2 aromatic heterocycles. The first kappa shape index (κ1) is 2.12. The zero-order chi connectivity index (χ0) is 8.88. The molecule has 0 aromatic carbocycles. The van der Waals surface area contributed by atoms with Crippen molar-refractivity contribution in [2.75, 3.05) is 0 Å². The molecule has 0 nitrogen and oxygen atoms in total. The standard InChI is InChI=1S/C6H4S2/c1-2-8-6-4-7-3-5(1)6/h1-4H/i1D,2D,3D,4D. The van der Waals surface area contributed by atoms with Crippen molar-refractivity contribution in [1.29, 1.82) is 0 Å². The van der Waals surface area contributed by atoms with Gasteiger partial charge in [0.1, 0.15) is 0 Å². The van der Waals surface area contributed by atoms with Crippen LogP contribution in [0.1, 0.15) is 5.48 Å². The first-order valence-corrected chi connectivity index (χ1v) is 3.70. The zero-order valence-corrected chi connectivity index (χ0v) is 5.45. The Morgan fingerprint density at radius 2 is 2.50 bits per heavy atom. The summed E-state index contributed by atoms with van der Waals surface area (Å²) in [6.07, 6.45) is 0. The highest BCUT2D eigenvalue weighted by molar-refractivity contribution is 7.21. The highest BCUT2D eigenvalue weighted by Gasteiger charge is 1.90. The van der Waals surface area contributed by atoms with Crippen LogP contribution >= 0.6 is 22.7 Å². The zero-order valence-electron chi connectivity index (χ0n) is 7.82. The average molecular weight is 144 g/mol. The molecule has 0 saturated heterocycles. The summed E-state index contributed by atoms with van der Waals surface area (Å²) in [5.74, 6) is 0. The molecule has 2 heteroatoms. The molecule has 0 unspecified atom stereocenters. The second-order valence-electron chi connectivity index (χ2n) is 1.34. The van der Waals surface area contributed by atoms with Crippen LogP contribution in [0, 0.1) is 0 Å². The summed E-state index contributed by atoms with van der Waals surface area (Å²) < 4.78 is 30.3. The van der Waals surface area contributed by atoms with Gasteiger partial charge in [-0.1, -0.05) is 0 Å². The Bertz CT molecular complexity index is 442. The van der Waals surface area contributed by atoms with Gasteiger partial charge in [-0.3, -0.25) is 0 Å². The topological polar surface area (TPSA) is 0 Å². The van der Waals surface area contributed by atoms with Gasteiger partial charge in [0.15, 0.2) is 0 Å². The number of thiophene rings is 2. The first-order chi connectivity index (χ1) is 5.61. The number of hydrogen-bond donors (Lipinski definition) is 0. The van der Waals surface area contributed by atoms with E-state index in [9.17, 15) is 0 Å². The lowest BCUT2D eigenvalue weighted by Crippen LogP contribution is -1.36. The molecule has 0 aliphatic heterocycles. The van der Waals surface area contributed by atoms with Crippen molar-refractivity contribution in [1.82, 2.24) is 0 Å². The first-order valence-electron chi connectivity index (χ1n) is 4.07. The molecule has 0 spiro atoms. The number of fused-ring (bicyclic) bond motifs is 1. The molecule has 0 radical (unpaired) electrons. The third-order valence-corrected chi connectivity index (χ3v) is 2.31. The van der Waals surface area contributed by atoms with E-state index < -0.39 is 0 Å². The van der Waals surface area contributed by atoms with E-state index in [2.05, 4.69) is 0 Å². The third kappa shape index (κ3) is 0.501. The third-order valence-electron chi connectivity index (χ3n) is 0.853. The van der Waals surface area contributed by atoms with Gasteiger partial charge in [-0.15, -0.1) is 11.3 Å². The van der Waals surface area contributed by atoms with E-state index in [-0.39, 0.29) is 16.8 Å². The van der Waals surface area contributed by atoms with Gasteiger partial charge < -0.3 is 0 Å². The molecule has 2 heterocycles. The molecule has 0 N–H and O–H groups in total. The molecule has 0 aliphatic rings. The van der Waals surface area contributed by atoms with Crippen LogP contribution < -0.4 is 0 Å². The fourth-order valence-corrected chi connectivity index (χ4v) is 1.82. The van der Waals surface area contributed by atoms with E-state index in [0.717, 1.165) is 22.7 Å². The lowest BCUT2D eigenvalue weighted by Gasteiger charge is -1.63. The van der Waals surface area contributed by atoms with Crippen LogP contribution in [0.2, 0.25) is 0 Å². The van der Waals surface area contributed by atoms with Gasteiger partial charge in [0, 0.05) is 15.4 Å². The van der Waals surface area contributed by atoms with Gasteiger partial charge in [0.2, 0.25) is 0 Å². The van der Waals surface area contributed by atoms with Gasteiger partial charge in [0.05, 0.1) is 5.48 Å². The molecule has 0 amide bonds. The maximum atomic E-state index is 7.45. The van der Waals surface area contributed by atoms with E-state index in [1.165, 1.54) is 0 Å². The fraction of sp³-hybridized carbons (Fsp3) is 0. The monoisotopic (exact) mass is 144 g/mol. The molecule has 2 aromatic rings. The molecule has 40 valence electrons. The van der Waals surface area contributed by atoms with Gasteiger partial charge in [-0.05, 0) is 16.8 Å². The van der Waals surface area contributed by atoms with E-state index in [4.69, 9.17) is 5.48 Å². The Labute approximate surface area is 61.0 Å². The maximum Gasteiger partial charge on any atom is 0.0755 e. The van der Waals surface area contributed by atoms with E-state index in [1.54, 1.807) is 0 Å². The Morgan fingerprint density at radius 1 is 1.50 bits per heavy atom. The molecular weight excluding hydrogens is 136 g/mol. The maximum absolute atomic E-state index is 7.45. The van der Waals surface area contributed by atoms with Crippen molar-refractivity contribution in [2.45, 2.75) is 0 Å². The average Bonchev–Trinajstić information content (AvgIpc) is 2.41. The molecular formula is C6H4S2. The van der Waals surface area contributed by atoms with Crippen molar-refractivity contribution in [3.63, 3.8) is 0 Å². The molecule has 2 rings (SSSR count). The smallest absolute Gasteiger partial charge is 0.0755 e. The van der Waals surface area contributed by atoms with Gasteiger partial charge in [0.25, 0.3) is 0 Å². The Balaban J connectivity index is 2.98. The van der Waals surface area contributed by atoms with Crippen LogP contribution in [-0.2, 0) is 0 Å². The molecule has 0 saturated carbocycles. The second kappa shape index (κ2) is 1.57. The van der Waals surface area contributed by atoms with Gasteiger partial charge >= 0.3 is 0 Å². The summed E-state index contributed by atoms with van der Waals surface area (Å²) in [7, 11) is 0. The predicted octanol–water partition coefficient (Wildman–Crippen LogP) is 2.96. The summed E-state index contributed by atoms with van der Waals surface area (Å²) >= 11 is 2.16. The van der Waals surface area contributed by atoms with Crippen molar-refractivity contribution >= 4 is 32.8 Å². The minimum absolute atomic E-state index is 0.0924. The minimum Gasteiger partial charge on any atom is -0.150 e. The molecule has 0 aliphatic carbocycles. The number of hydrogen-bond acceptors (Lipinski definition) is 2. The summed E-state index contributed by atoms with van der Waals surface area (Å²) in [4.78, 5) is 0. The van der Waals surface area contributed by atoms with Crippen LogP contribution in [0.25, 0.3) is 10.1 Å². The van der Waals surface area contributed by atoms with Crippen molar-refractivity contribution in [3.05, 3.63) is 22.1 Å². The van der Waals surface area contributed by atoms with E-state index in [1.807, 2.05) is 0 Å². The quantitative estimate of drug-likeness (QED) is 0.533. The SMILES string of the molecule is [2H]c1sc2c([2H])sc([2H])c2c1[2H]. The molecule has 0 fully saturated rings. The largest absolute Gasteiger partial charge is 0.150 e. The summed E-state index contributed by atoms with van der Waals surface area (Å²) in [6, 6.07) is 0.0924. The Kier molecular flexibility index (Phi) is 0.416. The highest BCUT2D eigenvalue weighted by Crippen LogP contribution is 2.23.